The molecule has 0 bridgehead atoms. The zero-order valence-electron chi connectivity index (χ0n) is 10.9. The summed E-state index contributed by atoms with van der Waals surface area (Å²) in [5.41, 5.74) is 1.57. The van der Waals surface area contributed by atoms with E-state index < -0.39 is 4.83 Å². The Morgan fingerprint density at radius 2 is 1.75 bits per heavy atom. The number of benzene rings is 2. The standard InChI is InChI=1S/C16H15BrFNO/c17-14(10-13-8-4-5-9-15(13)18)16(20)19-11-12-6-2-1-3-7-12/h1-9,14H,10-11H2,(H,19,20). The predicted octanol–water partition coefficient (Wildman–Crippen LogP) is 3.45. The Morgan fingerprint density at radius 1 is 1.10 bits per heavy atom. The van der Waals surface area contributed by atoms with E-state index in [0.717, 1.165) is 5.56 Å². The molecule has 2 rings (SSSR count). The molecule has 0 saturated carbocycles. The second-order valence-electron chi connectivity index (χ2n) is 4.47. The van der Waals surface area contributed by atoms with Crippen molar-refractivity contribution in [1.82, 2.24) is 5.32 Å². The van der Waals surface area contributed by atoms with Gasteiger partial charge in [-0.25, -0.2) is 4.39 Å². The molecule has 0 aliphatic heterocycles. The van der Waals surface area contributed by atoms with E-state index in [4.69, 9.17) is 0 Å². The van der Waals surface area contributed by atoms with E-state index in [1.54, 1.807) is 18.2 Å². The van der Waals surface area contributed by atoms with Crippen molar-refractivity contribution in [1.29, 1.82) is 0 Å². The molecular weight excluding hydrogens is 321 g/mol. The van der Waals surface area contributed by atoms with Gasteiger partial charge in [-0.05, 0) is 23.6 Å². The molecule has 0 spiro atoms. The topological polar surface area (TPSA) is 29.1 Å². The van der Waals surface area contributed by atoms with E-state index >= 15 is 0 Å². The van der Waals surface area contributed by atoms with Crippen LogP contribution in [0.15, 0.2) is 54.6 Å². The lowest BCUT2D eigenvalue weighted by Crippen LogP contribution is -2.32. The number of halogens is 2. The Labute approximate surface area is 126 Å². The van der Waals surface area contributed by atoms with E-state index in [2.05, 4.69) is 21.2 Å². The fourth-order valence-electron chi connectivity index (χ4n) is 1.85. The van der Waals surface area contributed by atoms with Crippen LogP contribution < -0.4 is 5.32 Å². The van der Waals surface area contributed by atoms with Crippen LogP contribution >= 0.6 is 15.9 Å². The maximum Gasteiger partial charge on any atom is 0.234 e. The minimum atomic E-state index is -0.442. The first-order valence-corrected chi connectivity index (χ1v) is 7.27. The third kappa shape index (κ3) is 4.17. The fourth-order valence-corrected chi connectivity index (χ4v) is 2.36. The number of carbonyl (C=O) groups is 1. The molecule has 1 atom stereocenters. The van der Waals surface area contributed by atoms with Gasteiger partial charge < -0.3 is 5.32 Å². The van der Waals surface area contributed by atoms with Crippen molar-refractivity contribution in [3.05, 3.63) is 71.5 Å². The number of rotatable bonds is 5. The van der Waals surface area contributed by atoms with Crippen LogP contribution in [0.2, 0.25) is 0 Å². The van der Waals surface area contributed by atoms with E-state index in [9.17, 15) is 9.18 Å². The number of carbonyl (C=O) groups excluding carboxylic acids is 1. The molecule has 2 nitrogen and oxygen atoms in total. The highest BCUT2D eigenvalue weighted by molar-refractivity contribution is 9.10. The number of hydrogen-bond donors (Lipinski definition) is 1. The highest BCUT2D eigenvalue weighted by Gasteiger charge is 2.16. The van der Waals surface area contributed by atoms with Gasteiger partial charge in [0, 0.05) is 6.54 Å². The van der Waals surface area contributed by atoms with E-state index in [0.29, 0.717) is 18.5 Å². The van der Waals surface area contributed by atoms with Crippen LogP contribution in [0, 0.1) is 5.82 Å². The molecule has 2 aromatic rings. The molecule has 20 heavy (non-hydrogen) atoms. The molecule has 0 aromatic heterocycles. The minimum Gasteiger partial charge on any atom is -0.351 e. The smallest absolute Gasteiger partial charge is 0.234 e. The van der Waals surface area contributed by atoms with Crippen molar-refractivity contribution in [3.8, 4) is 0 Å². The largest absolute Gasteiger partial charge is 0.351 e. The van der Waals surface area contributed by atoms with Gasteiger partial charge in [0.25, 0.3) is 0 Å². The van der Waals surface area contributed by atoms with Crippen molar-refractivity contribution in [2.45, 2.75) is 17.8 Å². The molecule has 2 aromatic carbocycles. The quantitative estimate of drug-likeness (QED) is 0.833. The maximum atomic E-state index is 13.5. The van der Waals surface area contributed by atoms with Gasteiger partial charge in [0.05, 0.1) is 4.83 Å². The molecule has 0 aliphatic carbocycles. The molecule has 1 N–H and O–H groups in total. The lowest BCUT2D eigenvalue weighted by atomic mass is 10.1. The van der Waals surface area contributed by atoms with Gasteiger partial charge in [0.1, 0.15) is 5.82 Å². The molecule has 1 amide bonds. The molecule has 0 fully saturated rings. The zero-order chi connectivity index (χ0) is 14.4. The van der Waals surface area contributed by atoms with Crippen LogP contribution in [0.3, 0.4) is 0 Å². The summed E-state index contributed by atoms with van der Waals surface area (Å²) in [4.78, 5) is 11.5. The average molecular weight is 336 g/mol. The number of hydrogen-bond acceptors (Lipinski definition) is 1. The third-order valence-corrected chi connectivity index (χ3v) is 3.69. The summed E-state index contributed by atoms with van der Waals surface area (Å²) < 4.78 is 13.5. The second-order valence-corrected chi connectivity index (χ2v) is 5.57. The lowest BCUT2D eigenvalue weighted by molar-refractivity contribution is -0.120. The first kappa shape index (κ1) is 14.7. The molecule has 1 unspecified atom stereocenters. The van der Waals surface area contributed by atoms with Crippen LogP contribution in [0.1, 0.15) is 11.1 Å². The SMILES string of the molecule is O=C(NCc1ccccc1)C(Br)Cc1ccccc1F. The van der Waals surface area contributed by atoms with E-state index in [1.807, 2.05) is 30.3 Å². The van der Waals surface area contributed by atoms with Crippen LogP contribution in [-0.2, 0) is 17.8 Å². The monoisotopic (exact) mass is 335 g/mol. The zero-order valence-corrected chi connectivity index (χ0v) is 12.4. The van der Waals surface area contributed by atoms with Crippen molar-refractivity contribution in [2.24, 2.45) is 0 Å². The van der Waals surface area contributed by atoms with Gasteiger partial charge in [-0.2, -0.15) is 0 Å². The Hall–Kier alpha value is -1.68. The van der Waals surface area contributed by atoms with E-state index in [1.165, 1.54) is 6.07 Å². The third-order valence-electron chi connectivity index (χ3n) is 2.95. The Morgan fingerprint density at radius 3 is 2.45 bits per heavy atom. The summed E-state index contributed by atoms with van der Waals surface area (Å²) in [6.45, 7) is 0.471. The highest BCUT2D eigenvalue weighted by Crippen LogP contribution is 2.14. The average Bonchev–Trinajstić information content (AvgIpc) is 2.48. The first-order valence-electron chi connectivity index (χ1n) is 6.36. The van der Waals surface area contributed by atoms with Gasteiger partial charge in [0.15, 0.2) is 0 Å². The van der Waals surface area contributed by atoms with Crippen molar-refractivity contribution < 1.29 is 9.18 Å². The van der Waals surface area contributed by atoms with Gasteiger partial charge in [-0.3, -0.25) is 4.79 Å². The van der Waals surface area contributed by atoms with Gasteiger partial charge in [-0.1, -0.05) is 64.5 Å². The van der Waals surface area contributed by atoms with Crippen molar-refractivity contribution >= 4 is 21.8 Å². The fraction of sp³-hybridized carbons (Fsp3) is 0.188. The van der Waals surface area contributed by atoms with Gasteiger partial charge >= 0.3 is 0 Å². The summed E-state index contributed by atoms with van der Waals surface area (Å²) >= 11 is 3.31. The van der Waals surface area contributed by atoms with Gasteiger partial charge in [0.2, 0.25) is 5.91 Å². The van der Waals surface area contributed by atoms with Crippen LogP contribution in [-0.4, -0.2) is 10.7 Å². The van der Waals surface area contributed by atoms with Crippen molar-refractivity contribution in [2.75, 3.05) is 0 Å². The summed E-state index contributed by atoms with van der Waals surface area (Å²) in [5, 5.41) is 2.83. The maximum absolute atomic E-state index is 13.5. The van der Waals surface area contributed by atoms with Crippen molar-refractivity contribution in [3.63, 3.8) is 0 Å². The Balaban J connectivity index is 1.88. The Bertz CT molecular complexity index is 574. The summed E-state index contributed by atoms with van der Waals surface area (Å²) in [5.74, 6) is -0.426. The summed E-state index contributed by atoms with van der Waals surface area (Å²) in [6.07, 6.45) is 0.327. The van der Waals surface area contributed by atoms with Crippen LogP contribution in [0.25, 0.3) is 0 Å². The number of alkyl halides is 1. The molecule has 0 radical (unpaired) electrons. The molecule has 4 heteroatoms. The molecule has 104 valence electrons. The second kappa shape index (κ2) is 7.20. The van der Waals surface area contributed by atoms with Crippen LogP contribution in [0.5, 0.6) is 0 Å². The predicted molar refractivity (Wildman–Crippen MR) is 81.1 cm³/mol. The minimum absolute atomic E-state index is 0.142. The molecule has 0 aliphatic rings. The van der Waals surface area contributed by atoms with Crippen LogP contribution in [0.4, 0.5) is 4.39 Å². The summed E-state index contributed by atoms with van der Waals surface area (Å²) in [6, 6.07) is 16.2. The molecule has 0 saturated heterocycles. The lowest BCUT2D eigenvalue weighted by Gasteiger charge is -2.11. The van der Waals surface area contributed by atoms with E-state index in [-0.39, 0.29) is 11.7 Å². The number of amides is 1. The Kier molecular flexibility index (Phi) is 5.30. The first-order chi connectivity index (χ1) is 9.66. The molecule has 0 heterocycles. The molecular formula is C16H15BrFNO. The highest BCUT2D eigenvalue weighted by atomic mass is 79.9. The summed E-state index contributed by atoms with van der Waals surface area (Å²) in [7, 11) is 0. The normalized spacial score (nSPS) is 11.9. The number of nitrogens with one attached hydrogen (secondary N) is 1. The van der Waals surface area contributed by atoms with Gasteiger partial charge in [-0.15, -0.1) is 0 Å².